The summed E-state index contributed by atoms with van der Waals surface area (Å²) < 4.78 is 12.4. The number of benzene rings is 3. The van der Waals surface area contributed by atoms with Crippen molar-refractivity contribution in [1.29, 1.82) is 0 Å². The molecule has 36 heavy (non-hydrogen) atoms. The monoisotopic (exact) mass is 484 g/mol. The third kappa shape index (κ3) is 4.56. The number of hydrogen-bond acceptors (Lipinski definition) is 5. The fourth-order valence-electron chi connectivity index (χ4n) is 5.21. The Bertz CT molecular complexity index is 1340. The average Bonchev–Trinajstić information content (AvgIpc) is 3.26. The Morgan fingerprint density at radius 1 is 1.06 bits per heavy atom. The quantitative estimate of drug-likeness (QED) is 0.170. The topological polar surface area (TPSA) is 97.6 Å². The molecule has 1 aliphatic rings. The number of ether oxygens (including phenoxy) is 2. The third-order valence-electron chi connectivity index (χ3n) is 7.07. The first-order valence-electron chi connectivity index (χ1n) is 12.5. The molecule has 0 bridgehead atoms. The maximum Gasteiger partial charge on any atom is 0.176 e. The van der Waals surface area contributed by atoms with Gasteiger partial charge in [-0.1, -0.05) is 29.8 Å². The highest BCUT2D eigenvalue weighted by Crippen LogP contribution is 2.47. The molecule has 0 radical (unpaired) electrons. The van der Waals surface area contributed by atoms with Crippen LogP contribution in [-0.4, -0.2) is 35.2 Å². The molecule has 2 atom stereocenters. The molecular formula is C30H32N2O4. The SMILES string of the molecule is Cc1ccc(OC2(C=O)CCc3c([nH]c4ccc(N)cc34)C2c2ccc(OCCCCO)cc2)cc1. The number of fused-ring (bicyclic) bond motifs is 3. The summed E-state index contributed by atoms with van der Waals surface area (Å²) in [5.41, 5.74) is 11.0. The van der Waals surface area contributed by atoms with E-state index in [1.165, 1.54) is 5.56 Å². The highest BCUT2D eigenvalue weighted by Gasteiger charge is 2.48. The number of nitrogen functional groups attached to an aromatic ring is 1. The van der Waals surface area contributed by atoms with E-state index in [1.54, 1.807) is 0 Å². The molecule has 3 aromatic carbocycles. The van der Waals surface area contributed by atoms with Crippen LogP contribution in [0.25, 0.3) is 10.9 Å². The molecular weight excluding hydrogens is 452 g/mol. The Morgan fingerprint density at radius 3 is 2.53 bits per heavy atom. The second-order valence-corrected chi connectivity index (χ2v) is 9.59. The van der Waals surface area contributed by atoms with Crippen LogP contribution in [0.15, 0.2) is 66.7 Å². The molecule has 6 nitrogen and oxygen atoms in total. The molecule has 1 aromatic heterocycles. The maximum absolute atomic E-state index is 12.9. The predicted octanol–water partition coefficient (Wildman–Crippen LogP) is 5.30. The summed E-state index contributed by atoms with van der Waals surface area (Å²) in [7, 11) is 0. The molecule has 0 amide bonds. The van der Waals surface area contributed by atoms with Crippen molar-refractivity contribution in [2.45, 2.75) is 44.1 Å². The van der Waals surface area contributed by atoms with Gasteiger partial charge in [-0.05, 0) is 86.2 Å². The molecule has 0 saturated carbocycles. The molecule has 0 fully saturated rings. The second-order valence-electron chi connectivity index (χ2n) is 9.59. The number of rotatable bonds is 9. The van der Waals surface area contributed by atoms with Crippen molar-refractivity contribution >= 4 is 22.9 Å². The Hall–Kier alpha value is -3.77. The molecule has 1 heterocycles. The first-order chi connectivity index (χ1) is 17.5. The Balaban J connectivity index is 1.57. The largest absolute Gasteiger partial charge is 0.494 e. The number of aliphatic hydroxyl groups is 1. The zero-order valence-corrected chi connectivity index (χ0v) is 20.5. The Morgan fingerprint density at radius 2 is 1.81 bits per heavy atom. The molecule has 0 saturated heterocycles. The molecule has 1 aliphatic carbocycles. The molecule has 4 aromatic rings. The number of carbonyl (C=O) groups excluding carboxylic acids is 1. The number of nitrogens with one attached hydrogen (secondary N) is 1. The number of anilines is 1. The van der Waals surface area contributed by atoms with Crippen molar-refractivity contribution in [2.75, 3.05) is 18.9 Å². The number of aliphatic hydroxyl groups excluding tert-OH is 1. The van der Waals surface area contributed by atoms with Gasteiger partial charge in [0.15, 0.2) is 11.9 Å². The van der Waals surface area contributed by atoms with Crippen molar-refractivity contribution in [1.82, 2.24) is 4.98 Å². The number of H-pyrrole nitrogens is 1. The lowest BCUT2D eigenvalue weighted by atomic mass is 9.71. The Kier molecular flexibility index (Phi) is 6.70. The van der Waals surface area contributed by atoms with E-state index in [-0.39, 0.29) is 12.5 Å². The van der Waals surface area contributed by atoms with E-state index in [1.807, 2.05) is 73.7 Å². The van der Waals surface area contributed by atoms with Gasteiger partial charge < -0.3 is 25.3 Å². The van der Waals surface area contributed by atoms with Gasteiger partial charge in [0.25, 0.3) is 0 Å². The van der Waals surface area contributed by atoms with E-state index >= 15 is 0 Å². The van der Waals surface area contributed by atoms with Crippen molar-refractivity contribution in [3.63, 3.8) is 0 Å². The molecule has 6 heteroatoms. The zero-order chi connectivity index (χ0) is 25.1. The van der Waals surface area contributed by atoms with Gasteiger partial charge in [-0.2, -0.15) is 0 Å². The second kappa shape index (κ2) is 10.1. The van der Waals surface area contributed by atoms with Crippen LogP contribution < -0.4 is 15.2 Å². The summed E-state index contributed by atoms with van der Waals surface area (Å²) in [6.45, 7) is 2.74. The number of hydrogen-bond donors (Lipinski definition) is 3. The summed E-state index contributed by atoms with van der Waals surface area (Å²) in [5, 5.41) is 10.1. The van der Waals surface area contributed by atoms with Crippen LogP contribution in [0.2, 0.25) is 0 Å². The number of carbonyl (C=O) groups is 1. The van der Waals surface area contributed by atoms with Crippen LogP contribution in [0.1, 0.15) is 47.6 Å². The van der Waals surface area contributed by atoms with Crippen LogP contribution in [-0.2, 0) is 11.2 Å². The van der Waals surface area contributed by atoms with Crippen LogP contribution in [0, 0.1) is 6.92 Å². The molecule has 0 spiro atoms. The van der Waals surface area contributed by atoms with Gasteiger partial charge >= 0.3 is 0 Å². The van der Waals surface area contributed by atoms with E-state index in [0.717, 1.165) is 46.2 Å². The van der Waals surface area contributed by atoms with Crippen molar-refractivity contribution in [3.05, 3.63) is 89.1 Å². The van der Waals surface area contributed by atoms with Gasteiger partial charge in [0.1, 0.15) is 11.5 Å². The minimum absolute atomic E-state index is 0.164. The van der Waals surface area contributed by atoms with Gasteiger partial charge in [0.2, 0.25) is 0 Å². The van der Waals surface area contributed by atoms with E-state index in [9.17, 15) is 4.79 Å². The van der Waals surface area contributed by atoms with E-state index in [0.29, 0.717) is 37.3 Å². The molecule has 4 N–H and O–H groups in total. The van der Waals surface area contributed by atoms with Gasteiger partial charge in [0.05, 0.1) is 12.5 Å². The average molecular weight is 485 g/mol. The number of nitrogens with two attached hydrogens (primary N) is 1. The zero-order valence-electron chi connectivity index (χ0n) is 20.5. The number of unbranched alkanes of at least 4 members (excludes halogenated alkanes) is 1. The van der Waals surface area contributed by atoms with E-state index < -0.39 is 5.60 Å². The third-order valence-corrected chi connectivity index (χ3v) is 7.07. The van der Waals surface area contributed by atoms with E-state index in [2.05, 4.69) is 4.98 Å². The molecule has 5 rings (SSSR count). The highest BCUT2D eigenvalue weighted by molar-refractivity contribution is 5.89. The van der Waals surface area contributed by atoms with Crippen LogP contribution in [0.3, 0.4) is 0 Å². The van der Waals surface area contributed by atoms with Gasteiger partial charge in [-0.25, -0.2) is 0 Å². The lowest BCUT2D eigenvalue weighted by Crippen LogP contribution is -2.47. The number of aryl methyl sites for hydroxylation is 2. The number of aldehydes is 1. The van der Waals surface area contributed by atoms with Gasteiger partial charge in [0, 0.05) is 28.9 Å². The lowest BCUT2D eigenvalue weighted by molar-refractivity contribution is -0.123. The van der Waals surface area contributed by atoms with E-state index in [4.69, 9.17) is 20.3 Å². The summed E-state index contributed by atoms with van der Waals surface area (Å²) in [5.74, 6) is 1.09. The number of aromatic nitrogens is 1. The van der Waals surface area contributed by atoms with Crippen LogP contribution in [0.4, 0.5) is 5.69 Å². The van der Waals surface area contributed by atoms with Gasteiger partial charge in [-0.3, -0.25) is 4.79 Å². The fraction of sp³-hybridized carbons (Fsp3) is 0.300. The molecule has 0 aliphatic heterocycles. The normalized spacial score (nSPS) is 19.1. The summed E-state index contributed by atoms with van der Waals surface area (Å²) in [6, 6.07) is 21.6. The Labute approximate surface area is 211 Å². The first kappa shape index (κ1) is 23.9. The first-order valence-corrected chi connectivity index (χ1v) is 12.5. The van der Waals surface area contributed by atoms with Gasteiger partial charge in [-0.15, -0.1) is 0 Å². The van der Waals surface area contributed by atoms with Crippen LogP contribution >= 0.6 is 0 Å². The standard InChI is InChI=1S/C30H32N2O4/c1-20-4-9-24(10-5-20)36-30(19-34)15-14-25-26-18-22(31)8-13-27(26)32-29(25)28(30)21-6-11-23(12-7-21)35-17-3-2-16-33/h4-13,18-19,28,32-33H,2-3,14-17,31H2,1H3. The number of aromatic amines is 1. The van der Waals surface area contributed by atoms with Crippen molar-refractivity contribution < 1.29 is 19.4 Å². The summed E-state index contributed by atoms with van der Waals surface area (Å²) in [4.78, 5) is 16.5. The minimum atomic E-state index is -1.07. The summed E-state index contributed by atoms with van der Waals surface area (Å²) in [6.07, 6.45) is 3.72. The predicted molar refractivity (Wildman–Crippen MR) is 142 cm³/mol. The van der Waals surface area contributed by atoms with Crippen molar-refractivity contribution in [2.24, 2.45) is 0 Å². The lowest BCUT2D eigenvalue weighted by Gasteiger charge is -2.40. The molecule has 186 valence electrons. The highest BCUT2D eigenvalue weighted by atomic mass is 16.5. The maximum atomic E-state index is 12.9. The smallest absolute Gasteiger partial charge is 0.176 e. The fourth-order valence-corrected chi connectivity index (χ4v) is 5.21. The summed E-state index contributed by atoms with van der Waals surface area (Å²) >= 11 is 0. The van der Waals surface area contributed by atoms with Crippen LogP contribution in [0.5, 0.6) is 11.5 Å². The minimum Gasteiger partial charge on any atom is -0.494 e. The van der Waals surface area contributed by atoms with Crippen molar-refractivity contribution in [3.8, 4) is 11.5 Å². The molecule has 2 unspecified atom stereocenters.